The maximum Gasteiger partial charge on any atom is 0.0502 e. The highest BCUT2D eigenvalue weighted by molar-refractivity contribution is 5.18. The average molecular weight is 291 g/mol. The molecule has 1 saturated carbocycles. The molecule has 21 heavy (non-hydrogen) atoms. The van der Waals surface area contributed by atoms with Crippen LogP contribution in [0.5, 0.6) is 0 Å². The molecule has 1 aromatic rings. The minimum absolute atomic E-state index is 0.0655. The molecule has 0 spiro atoms. The van der Waals surface area contributed by atoms with Gasteiger partial charge in [0.15, 0.2) is 0 Å². The first-order valence-corrected chi connectivity index (χ1v) is 8.24. The van der Waals surface area contributed by atoms with Crippen molar-refractivity contribution in [1.82, 2.24) is 5.32 Å². The van der Waals surface area contributed by atoms with E-state index in [1.807, 2.05) is 6.07 Å². The van der Waals surface area contributed by atoms with E-state index in [0.717, 1.165) is 25.7 Å². The molecule has 0 heterocycles. The zero-order valence-corrected chi connectivity index (χ0v) is 13.1. The Labute approximate surface area is 128 Å². The topological polar surface area (TPSA) is 52.5 Å². The van der Waals surface area contributed by atoms with E-state index in [0.29, 0.717) is 6.04 Å². The third-order valence-corrected chi connectivity index (χ3v) is 5.06. The van der Waals surface area contributed by atoms with Crippen molar-refractivity contribution in [3.8, 4) is 0 Å². The Morgan fingerprint density at radius 1 is 1.24 bits per heavy atom. The first kappa shape index (κ1) is 16.5. The van der Waals surface area contributed by atoms with Crippen molar-refractivity contribution in [3.05, 3.63) is 35.9 Å². The van der Waals surface area contributed by atoms with E-state index in [1.165, 1.54) is 18.4 Å². The van der Waals surface area contributed by atoms with E-state index in [9.17, 15) is 5.11 Å². The molecule has 0 aliphatic heterocycles. The van der Waals surface area contributed by atoms with Crippen LogP contribution < -0.4 is 5.32 Å². The molecule has 0 saturated heterocycles. The Bertz CT molecular complexity index is 409. The Kier molecular flexibility index (Phi) is 6.22. The monoisotopic (exact) mass is 291 g/mol. The summed E-state index contributed by atoms with van der Waals surface area (Å²) in [7, 11) is 0. The number of nitrogens with one attached hydrogen (secondary N) is 1. The molecule has 0 bridgehead atoms. The summed E-state index contributed by atoms with van der Waals surface area (Å²) in [4.78, 5) is 0. The third kappa shape index (κ3) is 4.06. The van der Waals surface area contributed by atoms with Crippen LogP contribution in [-0.4, -0.2) is 29.5 Å². The number of aliphatic hydroxyl groups excluding tert-OH is 2. The molecule has 0 aromatic heterocycles. The van der Waals surface area contributed by atoms with Crippen LogP contribution in [0.1, 0.15) is 57.1 Å². The lowest BCUT2D eigenvalue weighted by Gasteiger charge is -2.45. The Hall–Kier alpha value is -0.900. The van der Waals surface area contributed by atoms with Crippen molar-refractivity contribution in [3.63, 3.8) is 0 Å². The average Bonchev–Trinajstić information content (AvgIpc) is 2.55. The van der Waals surface area contributed by atoms with Gasteiger partial charge >= 0.3 is 0 Å². The summed E-state index contributed by atoms with van der Waals surface area (Å²) >= 11 is 0. The number of benzene rings is 1. The predicted octanol–water partition coefficient (Wildman–Crippen LogP) is 3.03. The fourth-order valence-electron chi connectivity index (χ4n) is 3.70. The summed E-state index contributed by atoms with van der Waals surface area (Å²) in [6.45, 7) is 2.62. The van der Waals surface area contributed by atoms with Gasteiger partial charge < -0.3 is 15.5 Å². The smallest absolute Gasteiger partial charge is 0.0502 e. The van der Waals surface area contributed by atoms with Gasteiger partial charge in [-0.2, -0.15) is 0 Å². The Morgan fingerprint density at radius 3 is 2.67 bits per heavy atom. The molecular formula is C18H29NO2. The van der Waals surface area contributed by atoms with Gasteiger partial charge in [-0.05, 0) is 38.2 Å². The second kappa shape index (κ2) is 7.92. The number of hydrogen-bond donors (Lipinski definition) is 3. The number of rotatable bonds is 7. The molecular weight excluding hydrogens is 262 g/mol. The van der Waals surface area contributed by atoms with Gasteiger partial charge in [-0.25, -0.2) is 0 Å². The second-order valence-electron chi connectivity index (χ2n) is 6.45. The largest absolute Gasteiger partial charge is 0.396 e. The minimum atomic E-state index is -0.0655. The second-order valence-corrected chi connectivity index (χ2v) is 6.45. The van der Waals surface area contributed by atoms with Crippen LogP contribution in [0.2, 0.25) is 0 Å². The lowest BCUT2D eigenvalue weighted by atomic mass is 9.68. The first-order valence-electron chi connectivity index (χ1n) is 8.24. The summed E-state index contributed by atoms with van der Waals surface area (Å²) in [6.07, 6.45) is 6.26. The van der Waals surface area contributed by atoms with Crippen molar-refractivity contribution in [2.45, 2.75) is 57.5 Å². The van der Waals surface area contributed by atoms with Crippen molar-refractivity contribution < 1.29 is 10.2 Å². The fraction of sp³-hybridized carbons (Fsp3) is 0.667. The molecule has 3 heteroatoms. The summed E-state index contributed by atoms with van der Waals surface area (Å²) in [5.41, 5.74) is 1.22. The van der Waals surface area contributed by atoms with Gasteiger partial charge in [0.1, 0.15) is 0 Å². The Morgan fingerprint density at radius 2 is 2.00 bits per heavy atom. The van der Waals surface area contributed by atoms with Crippen LogP contribution in [0.15, 0.2) is 30.3 Å². The zero-order valence-electron chi connectivity index (χ0n) is 13.1. The molecule has 1 fully saturated rings. The molecule has 1 aliphatic rings. The highest BCUT2D eigenvalue weighted by Gasteiger charge is 2.40. The molecule has 3 nitrogen and oxygen atoms in total. The molecule has 1 aromatic carbocycles. The van der Waals surface area contributed by atoms with Crippen LogP contribution in [0, 0.1) is 5.41 Å². The van der Waals surface area contributed by atoms with E-state index < -0.39 is 0 Å². The molecule has 0 amide bonds. The van der Waals surface area contributed by atoms with Crippen LogP contribution in [-0.2, 0) is 0 Å². The van der Waals surface area contributed by atoms with Gasteiger partial charge in [0.25, 0.3) is 0 Å². The Balaban J connectivity index is 2.07. The van der Waals surface area contributed by atoms with Crippen molar-refractivity contribution in [1.29, 1.82) is 0 Å². The van der Waals surface area contributed by atoms with Crippen molar-refractivity contribution >= 4 is 0 Å². The standard InChI is InChI=1S/C18H29NO2/c1-15(16-8-3-2-4-9-16)19-17-10-5-6-11-18(17,14-21)12-7-13-20/h2-4,8-9,15,17,19-21H,5-7,10-14H2,1H3/t15-,17-,18-/m1/s1. The molecule has 3 atom stereocenters. The quantitative estimate of drug-likeness (QED) is 0.724. The van der Waals surface area contributed by atoms with Crippen LogP contribution in [0.3, 0.4) is 0 Å². The van der Waals surface area contributed by atoms with Crippen LogP contribution in [0.4, 0.5) is 0 Å². The van der Waals surface area contributed by atoms with E-state index in [4.69, 9.17) is 5.11 Å². The summed E-state index contributed by atoms with van der Waals surface area (Å²) in [6, 6.07) is 11.1. The number of hydrogen-bond acceptors (Lipinski definition) is 3. The van der Waals surface area contributed by atoms with Gasteiger partial charge in [-0.15, -0.1) is 0 Å². The van der Waals surface area contributed by atoms with Gasteiger partial charge in [0, 0.05) is 24.1 Å². The molecule has 118 valence electrons. The van der Waals surface area contributed by atoms with Crippen LogP contribution in [0.25, 0.3) is 0 Å². The zero-order chi connectivity index (χ0) is 15.1. The molecule has 0 radical (unpaired) electrons. The lowest BCUT2D eigenvalue weighted by Crippen LogP contribution is -2.50. The van der Waals surface area contributed by atoms with Crippen LogP contribution >= 0.6 is 0 Å². The normalized spacial score (nSPS) is 27.5. The molecule has 3 N–H and O–H groups in total. The predicted molar refractivity (Wildman–Crippen MR) is 86.1 cm³/mol. The third-order valence-electron chi connectivity index (χ3n) is 5.06. The van der Waals surface area contributed by atoms with E-state index in [-0.39, 0.29) is 24.7 Å². The van der Waals surface area contributed by atoms with Gasteiger partial charge in [0.2, 0.25) is 0 Å². The molecule has 2 rings (SSSR count). The van der Waals surface area contributed by atoms with Gasteiger partial charge in [-0.3, -0.25) is 0 Å². The van der Waals surface area contributed by atoms with Crippen molar-refractivity contribution in [2.24, 2.45) is 5.41 Å². The minimum Gasteiger partial charge on any atom is -0.396 e. The van der Waals surface area contributed by atoms with E-state index >= 15 is 0 Å². The summed E-state index contributed by atoms with van der Waals surface area (Å²) in [5, 5.41) is 22.9. The highest BCUT2D eigenvalue weighted by atomic mass is 16.3. The molecule has 1 aliphatic carbocycles. The maximum atomic E-state index is 10.0. The van der Waals surface area contributed by atoms with E-state index in [1.54, 1.807) is 0 Å². The molecule has 0 unspecified atom stereocenters. The van der Waals surface area contributed by atoms with Crippen molar-refractivity contribution in [2.75, 3.05) is 13.2 Å². The highest BCUT2D eigenvalue weighted by Crippen LogP contribution is 2.41. The summed E-state index contributed by atoms with van der Waals surface area (Å²) in [5.74, 6) is 0. The fourth-order valence-corrected chi connectivity index (χ4v) is 3.70. The van der Waals surface area contributed by atoms with Gasteiger partial charge in [-0.1, -0.05) is 43.2 Å². The maximum absolute atomic E-state index is 10.0. The number of aliphatic hydroxyl groups is 2. The van der Waals surface area contributed by atoms with E-state index in [2.05, 4.69) is 36.5 Å². The first-order chi connectivity index (χ1) is 10.2. The van der Waals surface area contributed by atoms with Gasteiger partial charge in [0.05, 0.1) is 6.61 Å². The lowest BCUT2D eigenvalue weighted by molar-refractivity contribution is 0.0277. The summed E-state index contributed by atoms with van der Waals surface area (Å²) < 4.78 is 0. The SMILES string of the molecule is C[C@@H](N[C@@H]1CCCC[C@]1(CO)CCCO)c1ccccc1.